The Morgan fingerprint density at radius 2 is 1.50 bits per heavy atom. The molecule has 1 aliphatic rings. The van der Waals surface area contributed by atoms with Gasteiger partial charge in [-0.1, -0.05) is 62.1 Å². The predicted octanol–water partition coefficient (Wildman–Crippen LogP) is 6.42. The fraction of sp³-hybridized carbons (Fsp3) is 0.190. The molecule has 0 unspecified atom stereocenters. The van der Waals surface area contributed by atoms with Gasteiger partial charge in [0.05, 0.1) is 0 Å². The quantitative estimate of drug-likeness (QED) is 0.420. The van der Waals surface area contributed by atoms with Crippen molar-refractivity contribution in [2.75, 3.05) is 0 Å². The second-order valence-corrected chi connectivity index (χ2v) is 11.4. The molecule has 0 saturated carbocycles. The van der Waals surface area contributed by atoms with Crippen LogP contribution in [0.5, 0.6) is 5.75 Å². The summed E-state index contributed by atoms with van der Waals surface area (Å²) in [5.41, 5.74) is 2.17. The number of hydrogen-bond acceptors (Lipinski definition) is 1. The van der Waals surface area contributed by atoms with Gasteiger partial charge in [-0.2, -0.15) is 6.08 Å². The average Bonchev–Trinajstić information content (AvgIpc) is 3.13. The molecule has 0 heterocycles. The van der Waals surface area contributed by atoms with Crippen LogP contribution in [-0.2, 0) is 20.0 Å². The molecule has 0 bridgehead atoms. The van der Waals surface area contributed by atoms with Gasteiger partial charge in [-0.25, -0.2) is 11.3 Å². The fourth-order valence-electron chi connectivity index (χ4n) is 2.24. The first-order valence-electron chi connectivity index (χ1n) is 7.94. The molecule has 2 aromatic carbocycles. The van der Waals surface area contributed by atoms with E-state index < -0.39 is 8.07 Å². The Morgan fingerprint density at radius 3 is 1.92 bits per heavy atom. The van der Waals surface area contributed by atoms with Gasteiger partial charge < -0.3 is 5.11 Å². The van der Waals surface area contributed by atoms with E-state index in [1.165, 1.54) is 5.20 Å². The van der Waals surface area contributed by atoms with Crippen LogP contribution in [0, 0.1) is 6.08 Å². The molecule has 26 heavy (non-hydrogen) atoms. The molecule has 0 fully saturated rings. The van der Waals surface area contributed by atoms with Crippen molar-refractivity contribution in [2.24, 2.45) is 0 Å². The molecular weight excluding hydrogens is 415 g/mol. The van der Waals surface area contributed by atoms with Crippen LogP contribution in [0.2, 0.25) is 19.6 Å². The Hall–Kier alpha value is -0.899. The van der Waals surface area contributed by atoms with Gasteiger partial charge in [0.25, 0.3) is 0 Å². The minimum atomic E-state index is -1.01. The summed E-state index contributed by atoms with van der Waals surface area (Å²) in [5, 5.41) is 10.8. The van der Waals surface area contributed by atoms with Crippen molar-refractivity contribution in [3.8, 4) is 16.9 Å². The molecular formula is C21H27Cl2OSiTi. The van der Waals surface area contributed by atoms with Gasteiger partial charge in [0, 0.05) is 8.07 Å². The van der Waals surface area contributed by atoms with E-state index >= 15 is 0 Å². The van der Waals surface area contributed by atoms with E-state index in [-0.39, 0.29) is 24.8 Å². The van der Waals surface area contributed by atoms with Crippen molar-refractivity contribution in [3.05, 3.63) is 78.0 Å². The molecule has 0 spiro atoms. The number of aromatic hydroxyl groups is 1. The van der Waals surface area contributed by atoms with Gasteiger partial charge in [-0.3, -0.25) is 6.08 Å². The number of phenols is 1. The maximum atomic E-state index is 9.27. The van der Waals surface area contributed by atoms with E-state index in [1.807, 2.05) is 42.5 Å². The first-order valence-corrected chi connectivity index (χ1v) is 12.5. The molecule has 1 nitrogen and oxygen atoms in total. The molecule has 3 rings (SSSR count). The molecule has 0 amide bonds. The van der Waals surface area contributed by atoms with Gasteiger partial charge in [-0.05, 0) is 23.3 Å². The van der Waals surface area contributed by atoms with Crippen molar-refractivity contribution < 1.29 is 25.1 Å². The molecule has 0 atom stereocenters. The normalized spacial score (nSPS) is 11.5. The molecule has 0 saturated heterocycles. The van der Waals surface area contributed by atoms with E-state index in [4.69, 9.17) is 0 Å². The van der Waals surface area contributed by atoms with Gasteiger partial charge in [0.15, 0.2) is 0 Å². The molecule has 139 valence electrons. The van der Waals surface area contributed by atoms with Crippen LogP contribution < -0.4 is 0 Å². The van der Waals surface area contributed by atoms with Crippen LogP contribution in [0.15, 0.2) is 71.9 Å². The van der Waals surface area contributed by atoms with Crippen LogP contribution in [0.1, 0.15) is 6.42 Å². The zero-order valence-corrected chi connectivity index (χ0v) is 19.7. The Labute approximate surface area is 183 Å². The number of allylic oxidation sites excluding steroid dienone is 4. The topological polar surface area (TPSA) is 20.2 Å². The Morgan fingerprint density at radius 1 is 0.923 bits per heavy atom. The summed E-state index contributed by atoms with van der Waals surface area (Å²) in [5.74, 6) is 0.307. The third-order valence-electron chi connectivity index (χ3n) is 3.46. The summed E-state index contributed by atoms with van der Waals surface area (Å²) in [7, 11) is -1.01. The standard InChI is InChI=1S/C12H10O.C8H13Si.CH2.2ClH.Ti/c13-12-8-4-7-11(9-12)10-5-2-1-3-6-10;1-9(2,3)8-6-4-5-7-8;;;;/h1-9,13H;4,6H,5H2,1-3H3;1H2;2*1H;/q;-1;;;;+1. The number of hydrogen-bond donors (Lipinski definition) is 1. The van der Waals surface area contributed by atoms with Gasteiger partial charge in [0.2, 0.25) is 0 Å². The fourth-order valence-corrected chi connectivity index (χ4v) is 3.49. The first-order chi connectivity index (χ1) is 11.5. The Kier molecular flexibility index (Phi) is 14.9. The summed E-state index contributed by atoms with van der Waals surface area (Å²) < 4.78 is 0. The zero-order valence-electron chi connectivity index (χ0n) is 15.5. The van der Waals surface area contributed by atoms with E-state index in [9.17, 15) is 5.11 Å². The predicted molar refractivity (Wildman–Crippen MR) is 119 cm³/mol. The van der Waals surface area contributed by atoms with E-state index in [0.29, 0.717) is 5.75 Å². The van der Waals surface area contributed by atoms with Crippen molar-refractivity contribution in [1.29, 1.82) is 0 Å². The Bertz CT molecular complexity index is 695. The maximum absolute atomic E-state index is 9.27. The van der Waals surface area contributed by atoms with Crippen LogP contribution >= 0.6 is 24.8 Å². The third kappa shape index (κ3) is 9.70. The van der Waals surface area contributed by atoms with Crippen LogP contribution in [0.3, 0.4) is 0 Å². The van der Waals surface area contributed by atoms with Crippen molar-refractivity contribution >= 4 is 37.7 Å². The molecule has 1 aliphatic carbocycles. The van der Waals surface area contributed by atoms with Crippen molar-refractivity contribution in [3.63, 3.8) is 0 Å². The molecule has 1 N–H and O–H groups in total. The number of phenolic OH excluding ortho intramolecular Hbond substituents is 1. The summed E-state index contributed by atoms with van der Waals surface area (Å²) in [6.07, 6.45) is 8.82. The summed E-state index contributed by atoms with van der Waals surface area (Å²) in [6.45, 7) is 7.06. The van der Waals surface area contributed by atoms with Crippen LogP contribution in [0.4, 0.5) is 0 Å². The second kappa shape index (κ2) is 14.2. The molecule has 0 aliphatic heterocycles. The summed E-state index contributed by atoms with van der Waals surface area (Å²) in [4.78, 5) is 3.25. The van der Waals surface area contributed by atoms with Crippen molar-refractivity contribution in [1.82, 2.24) is 0 Å². The number of halogens is 2. The molecule has 0 aromatic heterocycles. The van der Waals surface area contributed by atoms with Gasteiger partial charge >= 0.3 is 24.8 Å². The minimum absolute atomic E-state index is 0. The zero-order chi connectivity index (χ0) is 18.0. The first kappa shape index (κ1) is 27.3. The molecule has 0 radical (unpaired) electrons. The van der Waals surface area contributed by atoms with Gasteiger partial charge in [0.1, 0.15) is 5.75 Å². The van der Waals surface area contributed by atoms with E-state index in [1.54, 1.807) is 32.1 Å². The molecule has 2 aromatic rings. The number of rotatable bonds is 2. The van der Waals surface area contributed by atoms with Gasteiger partial charge in [-0.15, -0.1) is 31.2 Å². The van der Waals surface area contributed by atoms with E-state index in [2.05, 4.69) is 42.7 Å². The Balaban J connectivity index is 0. The van der Waals surface area contributed by atoms with Crippen molar-refractivity contribution in [2.45, 2.75) is 26.1 Å². The third-order valence-corrected chi connectivity index (χ3v) is 5.42. The number of benzene rings is 2. The van der Waals surface area contributed by atoms with Crippen LogP contribution in [0.25, 0.3) is 11.1 Å². The SMILES string of the molecule is C[Si](C)(C)C1=[C-]CC=C1.Cl.Cl.Oc1cccc(-c2ccccc2)c1.[CH2]=[Ti+]. The van der Waals surface area contributed by atoms with Crippen LogP contribution in [-0.4, -0.2) is 18.0 Å². The second-order valence-electron chi connectivity index (χ2n) is 6.36. The molecule has 5 heteroatoms. The summed E-state index contributed by atoms with van der Waals surface area (Å²) in [6, 6.07) is 17.3. The summed E-state index contributed by atoms with van der Waals surface area (Å²) >= 11 is 1.75. The average molecular weight is 442 g/mol. The monoisotopic (exact) mass is 441 g/mol. The van der Waals surface area contributed by atoms with E-state index in [0.717, 1.165) is 17.5 Å².